The average Bonchev–Trinajstić information content (AvgIpc) is 2.74. The van der Waals surface area contributed by atoms with Crippen molar-refractivity contribution in [1.82, 2.24) is 5.32 Å². The van der Waals surface area contributed by atoms with Gasteiger partial charge in [0, 0.05) is 5.39 Å². The second kappa shape index (κ2) is 7.72. The molecular formula is C24H20N2O3S. The maximum Gasteiger partial charge on any atom is 0.270 e. The van der Waals surface area contributed by atoms with Crippen LogP contribution in [0.15, 0.2) is 60.2 Å². The van der Waals surface area contributed by atoms with Gasteiger partial charge in [0.1, 0.15) is 11.3 Å². The van der Waals surface area contributed by atoms with Gasteiger partial charge in [0.05, 0.1) is 12.8 Å². The first-order valence-electron chi connectivity index (χ1n) is 9.45. The quantitative estimate of drug-likeness (QED) is 0.393. The monoisotopic (exact) mass is 416 g/mol. The first-order chi connectivity index (χ1) is 14.4. The number of carbonyl (C=O) groups excluding carboxylic acids is 2. The normalized spacial score (nSPS) is 15.6. The molecule has 6 heteroatoms. The molecule has 0 saturated carbocycles. The molecule has 1 heterocycles. The Kier molecular flexibility index (Phi) is 5.10. The van der Waals surface area contributed by atoms with Gasteiger partial charge in [-0.05, 0) is 66.4 Å². The van der Waals surface area contributed by atoms with Gasteiger partial charge in [-0.1, -0.05) is 42.5 Å². The van der Waals surface area contributed by atoms with E-state index in [0.717, 1.165) is 33.2 Å². The number of fused-ring (bicyclic) bond motifs is 1. The van der Waals surface area contributed by atoms with Crippen LogP contribution < -0.4 is 15.0 Å². The zero-order valence-corrected chi connectivity index (χ0v) is 17.7. The first kappa shape index (κ1) is 19.8. The molecule has 0 atom stereocenters. The molecule has 0 unspecified atom stereocenters. The highest BCUT2D eigenvalue weighted by atomic mass is 32.1. The van der Waals surface area contributed by atoms with Crippen molar-refractivity contribution in [2.75, 3.05) is 12.0 Å². The van der Waals surface area contributed by atoms with E-state index in [1.165, 1.54) is 4.90 Å². The van der Waals surface area contributed by atoms with Gasteiger partial charge in [-0.15, -0.1) is 0 Å². The number of nitrogens with zero attached hydrogens (tertiary/aromatic N) is 1. The van der Waals surface area contributed by atoms with Gasteiger partial charge < -0.3 is 4.74 Å². The van der Waals surface area contributed by atoms with E-state index >= 15 is 0 Å². The molecule has 3 aromatic carbocycles. The van der Waals surface area contributed by atoms with Gasteiger partial charge in [0.2, 0.25) is 0 Å². The lowest BCUT2D eigenvalue weighted by Crippen LogP contribution is -2.54. The summed E-state index contributed by atoms with van der Waals surface area (Å²) in [4.78, 5) is 27.4. The summed E-state index contributed by atoms with van der Waals surface area (Å²) in [6, 6.07) is 17.0. The number of thiocarbonyl (C=S) groups is 1. The number of hydrogen-bond acceptors (Lipinski definition) is 4. The molecule has 0 aliphatic carbocycles. The van der Waals surface area contributed by atoms with Gasteiger partial charge in [0.25, 0.3) is 11.8 Å². The molecule has 30 heavy (non-hydrogen) atoms. The minimum Gasteiger partial charge on any atom is -0.496 e. The lowest BCUT2D eigenvalue weighted by atomic mass is 9.99. The minimum atomic E-state index is -0.508. The van der Waals surface area contributed by atoms with Crippen LogP contribution in [-0.4, -0.2) is 24.0 Å². The van der Waals surface area contributed by atoms with Crippen molar-refractivity contribution in [3.63, 3.8) is 0 Å². The highest BCUT2D eigenvalue weighted by Gasteiger charge is 2.35. The molecule has 0 aromatic heterocycles. The summed E-state index contributed by atoms with van der Waals surface area (Å²) in [6.45, 7) is 3.90. The third kappa shape index (κ3) is 3.25. The van der Waals surface area contributed by atoms with Crippen LogP contribution in [0, 0.1) is 13.8 Å². The highest BCUT2D eigenvalue weighted by Crippen LogP contribution is 2.31. The topological polar surface area (TPSA) is 58.6 Å². The molecule has 1 aliphatic heterocycles. The molecule has 5 nitrogen and oxygen atoms in total. The van der Waals surface area contributed by atoms with E-state index in [0.29, 0.717) is 5.69 Å². The van der Waals surface area contributed by atoms with E-state index in [2.05, 4.69) is 5.32 Å². The SMILES string of the molecule is COc1ccc(/C=C2\C(=O)NC(=S)N(c3cccc(C)c3C)C2=O)c2ccccc12. The van der Waals surface area contributed by atoms with Crippen LogP contribution in [-0.2, 0) is 9.59 Å². The molecule has 0 spiro atoms. The summed E-state index contributed by atoms with van der Waals surface area (Å²) in [5.41, 5.74) is 3.40. The van der Waals surface area contributed by atoms with Crippen LogP contribution in [0.2, 0.25) is 0 Å². The second-order valence-corrected chi connectivity index (χ2v) is 7.47. The largest absolute Gasteiger partial charge is 0.496 e. The highest BCUT2D eigenvalue weighted by molar-refractivity contribution is 7.80. The molecule has 1 aliphatic rings. The Balaban J connectivity index is 1.85. The minimum absolute atomic E-state index is 0.0276. The van der Waals surface area contributed by atoms with E-state index in [-0.39, 0.29) is 10.7 Å². The number of anilines is 1. The van der Waals surface area contributed by atoms with E-state index in [1.54, 1.807) is 13.2 Å². The number of benzene rings is 3. The predicted molar refractivity (Wildman–Crippen MR) is 123 cm³/mol. The Morgan fingerprint density at radius 2 is 1.70 bits per heavy atom. The number of nitrogens with one attached hydrogen (secondary N) is 1. The van der Waals surface area contributed by atoms with Crippen molar-refractivity contribution < 1.29 is 14.3 Å². The van der Waals surface area contributed by atoms with Crippen molar-refractivity contribution in [3.05, 3.63) is 76.9 Å². The van der Waals surface area contributed by atoms with Gasteiger partial charge in [-0.3, -0.25) is 19.8 Å². The third-order valence-corrected chi connectivity index (χ3v) is 5.64. The molecular weight excluding hydrogens is 396 g/mol. The Hall–Kier alpha value is -3.51. The Bertz CT molecular complexity index is 1250. The Labute approximate surface area is 179 Å². The number of rotatable bonds is 3. The summed E-state index contributed by atoms with van der Waals surface area (Å²) in [5.74, 6) is -0.228. The number of hydrogen-bond donors (Lipinski definition) is 1. The maximum absolute atomic E-state index is 13.4. The molecule has 0 radical (unpaired) electrons. The maximum atomic E-state index is 13.4. The molecule has 3 aromatic rings. The Morgan fingerprint density at radius 3 is 2.43 bits per heavy atom. The van der Waals surface area contributed by atoms with Crippen LogP contribution in [0.5, 0.6) is 5.75 Å². The standard InChI is InChI=1S/C24H20N2O3S/c1-14-7-6-10-20(15(14)2)26-23(28)19(22(27)25-24(26)30)13-16-11-12-21(29-3)18-9-5-4-8-17(16)18/h4-13H,1-3H3,(H,25,27,30)/b19-13+. The summed E-state index contributed by atoms with van der Waals surface area (Å²) in [6.07, 6.45) is 1.61. The zero-order chi connectivity index (χ0) is 21.4. The average molecular weight is 417 g/mol. The molecule has 1 saturated heterocycles. The third-order valence-electron chi connectivity index (χ3n) is 5.36. The summed E-state index contributed by atoms with van der Waals surface area (Å²) in [7, 11) is 1.61. The first-order valence-corrected chi connectivity index (χ1v) is 9.86. The number of aryl methyl sites for hydroxylation is 1. The summed E-state index contributed by atoms with van der Waals surface area (Å²) < 4.78 is 5.44. The number of ether oxygens (including phenoxy) is 1. The lowest BCUT2D eigenvalue weighted by molar-refractivity contribution is -0.122. The predicted octanol–water partition coefficient (Wildman–Crippen LogP) is 4.30. The fraction of sp³-hybridized carbons (Fsp3) is 0.125. The van der Waals surface area contributed by atoms with Crippen molar-refractivity contribution >= 4 is 51.7 Å². The number of amides is 2. The van der Waals surface area contributed by atoms with E-state index < -0.39 is 11.8 Å². The van der Waals surface area contributed by atoms with Gasteiger partial charge in [0.15, 0.2) is 5.11 Å². The van der Waals surface area contributed by atoms with Crippen LogP contribution >= 0.6 is 12.2 Å². The van der Waals surface area contributed by atoms with Crippen LogP contribution in [0.3, 0.4) is 0 Å². The van der Waals surface area contributed by atoms with Crippen molar-refractivity contribution in [3.8, 4) is 5.75 Å². The van der Waals surface area contributed by atoms with Gasteiger partial charge in [-0.25, -0.2) is 0 Å². The van der Waals surface area contributed by atoms with E-state index in [4.69, 9.17) is 17.0 Å². The van der Waals surface area contributed by atoms with Crippen molar-refractivity contribution in [2.24, 2.45) is 0 Å². The van der Waals surface area contributed by atoms with Crippen molar-refractivity contribution in [2.45, 2.75) is 13.8 Å². The zero-order valence-electron chi connectivity index (χ0n) is 16.9. The van der Waals surface area contributed by atoms with E-state index in [1.807, 2.05) is 68.4 Å². The Morgan fingerprint density at radius 1 is 0.967 bits per heavy atom. The molecule has 1 fully saturated rings. The van der Waals surface area contributed by atoms with Crippen LogP contribution in [0.1, 0.15) is 16.7 Å². The number of methoxy groups -OCH3 is 1. The number of carbonyl (C=O) groups is 2. The molecule has 150 valence electrons. The fourth-order valence-corrected chi connectivity index (χ4v) is 3.88. The smallest absolute Gasteiger partial charge is 0.270 e. The van der Waals surface area contributed by atoms with Crippen molar-refractivity contribution in [1.29, 1.82) is 0 Å². The molecule has 0 bridgehead atoms. The van der Waals surface area contributed by atoms with Gasteiger partial charge >= 0.3 is 0 Å². The lowest BCUT2D eigenvalue weighted by Gasteiger charge is -2.30. The molecule has 1 N–H and O–H groups in total. The van der Waals surface area contributed by atoms with E-state index in [9.17, 15) is 9.59 Å². The summed E-state index contributed by atoms with van der Waals surface area (Å²) in [5, 5.41) is 4.52. The molecule has 4 rings (SSSR count). The summed E-state index contributed by atoms with van der Waals surface area (Å²) >= 11 is 5.32. The van der Waals surface area contributed by atoms with Crippen LogP contribution in [0.4, 0.5) is 5.69 Å². The van der Waals surface area contributed by atoms with Crippen LogP contribution in [0.25, 0.3) is 16.8 Å². The fourth-order valence-electron chi connectivity index (χ4n) is 3.61. The molecule has 2 amide bonds. The van der Waals surface area contributed by atoms with Gasteiger partial charge in [-0.2, -0.15) is 0 Å². The second-order valence-electron chi connectivity index (χ2n) is 7.08.